The molecule has 4 aromatic rings. The van der Waals surface area contributed by atoms with Crippen LogP contribution in [0.1, 0.15) is 22.3 Å². The van der Waals surface area contributed by atoms with Gasteiger partial charge in [-0.15, -0.1) is 0 Å². The van der Waals surface area contributed by atoms with Gasteiger partial charge in [-0.2, -0.15) is 5.26 Å². The van der Waals surface area contributed by atoms with E-state index in [9.17, 15) is 5.26 Å². The molecule has 0 heterocycles. The predicted octanol–water partition coefficient (Wildman–Crippen LogP) is 5.99. The molecule has 0 spiro atoms. The highest BCUT2D eigenvalue weighted by atomic mass is 14.9. The zero-order chi connectivity index (χ0) is 19.9. The Morgan fingerprint density at radius 3 is 1.24 bits per heavy atom. The van der Waals surface area contributed by atoms with Gasteiger partial charge in [0.2, 0.25) is 0 Å². The molecule has 0 aliphatic carbocycles. The van der Waals surface area contributed by atoms with Crippen LogP contribution in [-0.2, 0) is 5.54 Å². The lowest BCUT2D eigenvalue weighted by Crippen LogP contribution is -2.26. The van der Waals surface area contributed by atoms with Crippen LogP contribution in [0, 0.1) is 11.3 Å². The first-order valence-corrected chi connectivity index (χ1v) is 9.56. The van der Waals surface area contributed by atoms with Crippen LogP contribution >= 0.6 is 0 Å². The summed E-state index contributed by atoms with van der Waals surface area (Å²) in [6.07, 6.45) is 0. The van der Waals surface area contributed by atoms with E-state index in [0.717, 1.165) is 28.0 Å². The van der Waals surface area contributed by atoms with Gasteiger partial charge in [-0.05, 0) is 11.1 Å². The molecule has 0 fully saturated rings. The molecule has 0 aromatic heterocycles. The molecule has 0 radical (unpaired) electrons. The predicted molar refractivity (Wildman–Crippen MR) is 118 cm³/mol. The van der Waals surface area contributed by atoms with Crippen molar-refractivity contribution in [1.29, 1.82) is 5.26 Å². The number of rotatable bonds is 5. The molecular formula is C27H20N2. The topological polar surface area (TPSA) is 36.1 Å². The Bertz CT molecular complexity index is 1050. The molecule has 2 nitrogen and oxygen atoms in total. The molecule has 0 aliphatic heterocycles. The highest BCUT2D eigenvalue weighted by Gasteiger charge is 2.35. The molecule has 4 aromatic carbocycles. The number of nitriles is 1. The second-order valence-electron chi connectivity index (χ2n) is 6.75. The van der Waals surface area contributed by atoms with E-state index in [0.29, 0.717) is 0 Å². The van der Waals surface area contributed by atoms with Crippen molar-refractivity contribution < 1.29 is 0 Å². The quantitative estimate of drug-likeness (QED) is 0.396. The summed E-state index contributed by atoms with van der Waals surface area (Å²) in [6.45, 7) is 0. The Balaban J connectivity index is 2.03. The minimum atomic E-state index is -1.15. The first-order chi connectivity index (χ1) is 14.3. The van der Waals surface area contributed by atoms with Crippen LogP contribution < -0.4 is 0 Å². The highest BCUT2D eigenvalue weighted by molar-refractivity contribution is 6.13. The van der Waals surface area contributed by atoms with E-state index in [-0.39, 0.29) is 0 Å². The van der Waals surface area contributed by atoms with Crippen LogP contribution in [-0.4, -0.2) is 5.71 Å². The van der Waals surface area contributed by atoms with Gasteiger partial charge in [0.25, 0.3) is 0 Å². The van der Waals surface area contributed by atoms with E-state index in [1.54, 1.807) is 0 Å². The van der Waals surface area contributed by atoms with Gasteiger partial charge in [-0.25, -0.2) is 0 Å². The van der Waals surface area contributed by atoms with Crippen molar-refractivity contribution in [2.24, 2.45) is 4.99 Å². The second kappa shape index (κ2) is 8.37. The Kier molecular flexibility index (Phi) is 5.31. The summed E-state index contributed by atoms with van der Waals surface area (Å²) in [6, 6.07) is 42.2. The smallest absolute Gasteiger partial charge is 0.197 e. The maximum absolute atomic E-state index is 10.5. The maximum atomic E-state index is 10.5. The minimum Gasteiger partial charge on any atom is -0.252 e. The van der Waals surface area contributed by atoms with Gasteiger partial charge in [-0.3, -0.25) is 4.99 Å². The Hall–Kier alpha value is -3.96. The molecule has 0 unspecified atom stereocenters. The summed E-state index contributed by atoms with van der Waals surface area (Å²) >= 11 is 0. The minimum absolute atomic E-state index is 0.792. The third-order valence-corrected chi connectivity index (χ3v) is 4.92. The molecule has 138 valence electrons. The zero-order valence-corrected chi connectivity index (χ0v) is 15.9. The molecule has 0 atom stereocenters. The molecule has 0 amide bonds. The molecule has 0 N–H and O–H groups in total. The monoisotopic (exact) mass is 372 g/mol. The van der Waals surface area contributed by atoms with Crippen LogP contribution in [0.5, 0.6) is 0 Å². The number of hydrogen-bond acceptors (Lipinski definition) is 2. The molecule has 0 bridgehead atoms. The summed E-state index contributed by atoms with van der Waals surface area (Å²) in [5.74, 6) is 0. The second-order valence-corrected chi connectivity index (χ2v) is 6.75. The molecule has 29 heavy (non-hydrogen) atoms. The van der Waals surface area contributed by atoms with Crippen molar-refractivity contribution in [3.05, 3.63) is 144 Å². The first kappa shape index (κ1) is 18.4. The molecule has 0 saturated carbocycles. The fourth-order valence-electron chi connectivity index (χ4n) is 3.46. The highest BCUT2D eigenvalue weighted by Crippen LogP contribution is 2.34. The lowest BCUT2D eigenvalue weighted by atomic mass is 9.84. The van der Waals surface area contributed by atoms with Gasteiger partial charge in [0.1, 0.15) is 6.07 Å². The number of nitrogens with zero attached hydrogens (tertiary/aromatic N) is 2. The van der Waals surface area contributed by atoms with Crippen LogP contribution in [0.3, 0.4) is 0 Å². The van der Waals surface area contributed by atoms with Gasteiger partial charge in [0.15, 0.2) is 5.54 Å². The fourth-order valence-corrected chi connectivity index (χ4v) is 3.46. The molecule has 2 heteroatoms. The van der Waals surface area contributed by atoms with Gasteiger partial charge in [0.05, 0.1) is 5.71 Å². The van der Waals surface area contributed by atoms with E-state index < -0.39 is 5.54 Å². The van der Waals surface area contributed by atoms with Crippen molar-refractivity contribution in [1.82, 2.24) is 0 Å². The molecule has 0 saturated heterocycles. The first-order valence-electron chi connectivity index (χ1n) is 9.56. The van der Waals surface area contributed by atoms with Gasteiger partial charge in [-0.1, -0.05) is 121 Å². The zero-order valence-electron chi connectivity index (χ0n) is 15.9. The van der Waals surface area contributed by atoms with Crippen LogP contribution in [0.4, 0.5) is 0 Å². The summed E-state index contributed by atoms with van der Waals surface area (Å²) in [5.41, 5.74) is 3.29. The Labute approximate surface area is 171 Å². The number of benzene rings is 4. The van der Waals surface area contributed by atoms with E-state index in [2.05, 4.69) is 6.07 Å². The summed E-state index contributed by atoms with van der Waals surface area (Å²) in [7, 11) is 0. The van der Waals surface area contributed by atoms with Gasteiger partial charge in [0, 0.05) is 11.1 Å². The van der Waals surface area contributed by atoms with Crippen molar-refractivity contribution in [2.75, 3.05) is 0 Å². The molecule has 4 rings (SSSR count). The third-order valence-electron chi connectivity index (χ3n) is 4.92. The lowest BCUT2D eigenvalue weighted by Gasteiger charge is -2.25. The van der Waals surface area contributed by atoms with Crippen molar-refractivity contribution >= 4 is 5.71 Å². The van der Waals surface area contributed by atoms with E-state index in [4.69, 9.17) is 4.99 Å². The van der Waals surface area contributed by atoms with Crippen molar-refractivity contribution in [3.8, 4) is 6.07 Å². The van der Waals surface area contributed by atoms with Crippen molar-refractivity contribution in [3.63, 3.8) is 0 Å². The third kappa shape index (κ3) is 3.72. The Morgan fingerprint density at radius 2 is 0.897 bits per heavy atom. The standard InChI is InChI=1S/C27H20N2/c28-21-27(24-17-9-3-10-18-24,25-19-11-4-12-20-25)29-26(22-13-5-1-6-14-22)23-15-7-2-8-16-23/h1-20H. The lowest BCUT2D eigenvalue weighted by molar-refractivity contribution is 0.702. The number of aliphatic imine (C=N–C) groups is 1. The normalized spacial score (nSPS) is 10.7. The Morgan fingerprint density at radius 1 is 0.552 bits per heavy atom. The fraction of sp³-hybridized carbons (Fsp3) is 0.0370. The van der Waals surface area contributed by atoms with Crippen LogP contribution in [0.15, 0.2) is 126 Å². The average molecular weight is 372 g/mol. The van der Waals surface area contributed by atoms with Crippen LogP contribution in [0.25, 0.3) is 0 Å². The van der Waals surface area contributed by atoms with Gasteiger partial charge < -0.3 is 0 Å². The van der Waals surface area contributed by atoms with E-state index in [1.165, 1.54) is 0 Å². The molecular weight excluding hydrogens is 352 g/mol. The maximum Gasteiger partial charge on any atom is 0.197 e. The summed E-state index contributed by atoms with van der Waals surface area (Å²) in [5, 5.41) is 10.5. The SMILES string of the molecule is N#CC(N=C(c1ccccc1)c1ccccc1)(c1ccccc1)c1ccccc1. The van der Waals surface area contributed by atoms with E-state index in [1.807, 2.05) is 121 Å². The largest absolute Gasteiger partial charge is 0.252 e. The summed E-state index contributed by atoms with van der Waals surface area (Å²) in [4.78, 5) is 5.16. The summed E-state index contributed by atoms with van der Waals surface area (Å²) < 4.78 is 0. The van der Waals surface area contributed by atoms with Crippen molar-refractivity contribution in [2.45, 2.75) is 5.54 Å². The van der Waals surface area contributed by atoms with Crippen LogP contribution in [0.2, 0.25) is 0 Å². The average Bonchev–Trinajstić information content (AvgIpc) is 2.82. The molecule has 0 aliphatic rings. The van der Waals surface area contributed by atoms with E-state index >= 15 is 0 Å². The van der Waals surface area contributed by atoms with Gasteiger partial charge >= 0.3 is 0 Å². The number of hydrogen-bond donors (Lipinski definition) is 0.